The van der Waals surface area contributed by atoms with E-state index in [9.17, 15) is 0 Å². The van der Waals surface area contributed by atoms with Crippen molar-refractivity contribution in [2.24, 2.45) is 5.41 Å². The normalized spacial score (nSPS) is 15.2. The average molecular weight is 342 g/mol. The molecular formula is C14H25Cl2NOTi. The molecule has 1 aliphatic rings. The van der Waals surface area contributed by atoms with Gasteiger partial charge in [-0.3, -0.25) is 6.08 Å². The molecule has 1 rings (SSSR count). The fraction of sp³-hybridized carbons (Fsp3) is 0.714. The van der Waals surface area contributed by atoms with Crippen LogP contribution in [0.1, 0.15) is 54.4 Å². The predicted octanol–water partition coefficient (Wildman–Crippen LogP) is -1.11. The molecule has 0 amide bonds. The van der Waals surface area contributed by atoms with Crippen LogP contribution in [0.4, 0.5) is 0 Å². The smallest absolute Gasteiger partial charge is 1.00 e. The number of hydrogen-bond donors (Lipinski definition) is 0. The number of hydrogen-bond acceptors (Lipinski definition) is 1. The van der Waals surface area contributed by atoms with Gasteiger partial charge in [0.2, 0.25) is 0 Å². The Morgan fingerprint density at radius 1 is 1.16 bits per heavy atom. The van der Waals surface area contributed by atoms with Crippen LogP contribution in [0.5, 0.6) is 0 Å². The third-order valence-electron chi connectivity index (χ3n) is 3.16. The molecule has 110 valence electrons. The van der Waals surface area contributed by atoms with Crippen molar-refractivity contribution in [3.63, 3.8) is 0 Å². The monoisotopic (exact) mass is 341 g/mol. The van der Waals surface area contributed by atoms with E-state index in [0.717, 1.165) is 12.8 Å². The van der Waals surface area contributed by atoms with Gasteiger partial charge in [-0.05, 0) is 6.42 Å². The van der Waals surface area contributed by atoms with E-state index in [1.54, 1.807) is 0 Å². The van der Waals surface area contributed by atoms with E-state index < -0.39 is 0 Å². The Kier molecular flexibility index (Phi) is 20.1. The van der Waals surface area contributed by atoms with Crippen LogP contribution in [0.15, 0.2) is 16.7 Å². The van der Waals surface area contributed by atoms with E-state index in [4.69, 9.17) is 5.90 Å². The van der Waals surface area contributed by atoms with Crippen LogP contribution < -0.4 is 24.8 Å². The summed E-state index contributed by atoms with van der Waals surface area (Å²) in [6.45, 7) is 13.6. The van der Waals surface area contributed by atoms with Gasteiger partial charge in [-0.2, -0.15) is 11.1 Å². The summed E-state index contributed by atoms with van der Waals surface area (Å²) in [6, 6.07) is 0. The summed E-state index contributed by atoms with van der Waals surface area (Å²) in [4.78, 5) is 4.03. The zero-order chi connectivity index (χ0) is 12.8. The molecule has 0 atom stereocenters. The molecule has 1 aliphatic carbocycles. The molecule has 0 heterocycles. The van der Waals surface area contributed by atoms with Crippen LogP contribution in [0.25, 0.3) is 5.90 Å². The van der Waals surface area contributed by atoms with E-state index in [-0.39, 0.29) is 51.9 Å². The summed E-state index contributed by atoms with van der Waals surface area (Å²) in [5.74, 6) is 6.21. The minimum absolute atomic E-state index is 0. The number of halogens is 2. The summed E-state index contributed by atoms with van der Waals surface area (Å²) in [6.07, 6.45) is 5.55. The standard InChI is InChI=1S/C10H15.C4H10NO.2ClH.Ti/c1-7-6-10(4,5)9(3)8(7)2;1-2-3-4-6-5;;;/h1-5H3;5H,2-4H2,1H3;2*1H;/q2*-1;;;+4/p-2. The van der Waals surface area contributed by atoms with Crippen LogP contribution >= 0.6 is 0 Å². The Morgan fingerprint density at radius 3 is 1.74 bits per heavy atom. The number of allylic oxidation sites excluding steroid dienone is 4. The molecule has 2 nitrogen and oxygen atoms in total. The van der Waals surface area contributed by atoms with Crippen molar-refractivity contribution in [3.8, 4) is 0 Å². The maximum atomic E-state index is 6.21. The van der Waals surface area contributed by atoms with Gasteiger partial charge in [0, 0.05) is 6.61 Å². The van der Waals surface area contributed by atoms with Gasteiger partial charge in [0.05, 0.1) is 0 Å². The quantitative estimate of drug-likeness (QED) is 0.277. The van der Waals surface area contributed by atoms with E-state index in [1.165, 1.54) is 16.7 Å². The number of nitrogens with one attached hydrogen (secondary N) is 1. The molecule has 0 unspecified atom stereocenters. The maximum absolute atomic E-state index is 6.21. The Labute approximate surface area is 146 Å². The van der Waals surface area contributed by atoms with E-state index in [1.807, 2.05) is 0 Å². The van der Waals surface area contributed by atoms with Crippen molar-refractivity contribution in [2.75, 3.05) is 6.61 Å². The van der Waals surface area contributed by atoms with Gasteiger partial charge in [0.1, 0.15) is 0 Å². The molecule has 5 heteroatoms. The molecule has 0 aromatic rings. The van der Waals surface area contributed by atoms with Gasteiger partial charge in [0.25, 0.3) is 0 Å². The van der Waals surface area contributed by atoms with Gasteiger partial charge in [-0.15, -0.1) is 6.92 Å². The summed E-state index contributed by atoms with van der Waals surface area (Å²) < 4.78 is 0. The number of rotatable bonds is 3. The van der Waals surface area contributed by atoms with Crippen molar-refractivity contribution in [1.82, 2.24) is 0 Å². The van der Waals surface area contributed by atoms with E-state index >= 15 is 0 Å². The first-order chi connectivity index (χ1) is 7.36. The minimum atomic E-state index is 0. The van der Waals surface area contributed by atoms with Gasteiger partial charge in [-0.1, -0.05) is 46.5 Å². The fourth-order valence-corrected chi connectivity index (χ4v) is 1.62. The third kappa shape index (κ3) is 10.1. The predicted molar refractivity (Wildman–Crippen MR) is 69.8 cm³/mol. The van der Waals surface area contributed by atoms with Crippen LogP contribution in [0.3, 0.4) is 0 Å². The molecule has 19 heavy (non-hydrogen) atoms. The largest absolute Gasteiger partial charge is 4.00 e. The van der Waals surface area contributed by atoms with Crippen LogP contribution in [0, 0.1) is 11.5 Å². The van der Waals surface area contributed by atoms with Gasteiger partial charge < -0.3 is 35.5 Å². The van der Waals surface area contributed by atoms with Gasteiger partial charge in [0.15, 0.2) is 0 Å². The summed E-state index contributed by atoms with van der Waals surface area (Å²) >= 11 is 0. The molecule has 0 saturated carbocycles. The van der Waals surface area contributed by atoms with E-state index in [2.05, 4.69) is 52.5 Å². The molecule has 0 saturated heterocycles. The van der Waals surface area contributed by atoms with E-state index in [0.29, 0.717) is 6.61 Å². The maximum Gasteiger partial charge on any atom is 4.00 e. The van der Waals surface area contributed by atoms with Crippen molar-refractivity contribution < 1.29 is 51.4 Å². The van der Waals surface area contributed by atoms with Gasteiger partial charge in [-0.25, -0.2) is 5.57 Å². The Bertz CT molecular complexity index is 285. The molecule has 0 radical (unpaired) electrons. The Balaban J connectivity index is -0.000000112. The molecule has 0 fully saturated rings. The first-order valence-corrected chi connectivity index (χ1v) is 5.95. The van der Waals surface area contributed by atoms with Crippen LogP contribution in [0.2, 0.25) is 0 Å². The molecule has 1 N–H and O–H groups in total. The van der Waals surface area contributed by atoms with Crippen molar-refractivity contribution in [3.05, 3.63) is 28.7 Å². The van der Waals surface area contributed by atoms with Crippen molar-refractivity contribution >= 4 is 0 Å². The van der Waals surface area contributed by atoms with Crippen molar-refractivity contribution in [1.29, 1.82) is 0 Å². The Hall–Kier alpha value is 0.694. The summed E-state index contributed by atoms with van der Waals surface area (Å²) in [7, 11) is 0. The second-order valence-electron chi connectivity index (χ2n) is 4.83. The molecule has 0 spiro atoms. The van der Waals surface area contributed by atoms with Crippen LogP contribution in [-0.2, 0) is 26.6 Å². The summed E-state index contributed by atoms with van der Waals surface area (Å²) in [5, 5.41) is 0. The molecular weight excluding hydrogens is 317 g/mol. The fourth-order valence-electron chi connectivity index (χ4n) is 1.62. The SMILES string of the molecule is CC1=[C-]C(C)(C)C(C)=C1C.CCCCO[NH-].[Cl-].[Cl-].[Ti+4]. The molecule has 0 bridgehead atoms. The zero-order valence-electron chi connectivity index (χ0n) is 12.8. The van der Waals surface area contributed by atoms with Gasteiger partial charge >= 0.3 is 21.7 Å². The first kappa shape index (κ1) is 27.9. The van der Waals surface area contributed by atoms with Crippen LogP contribution in [-0.4, -0.2) is 6.61 Å². The topological polar surface area (TPSA) is 33.0 Å². The molecule has 0 aliphatic heterocycles. The first-order valence-electron chi connectivity index (χ1n) is 5.95. The summed E-state index contributed by atoms with van der Waals surface area (Å²) in [5.41, 5.74) is 4.39. The number of unbranched alkanes of at least 4 members (excludes halogenated alkanes) is 1. The van der Waals surface area contributed by atoms with Crippen molar-refractivity contribution in [2.45, 2.75) is 54.4 Å². The third-order valence-corrected chi connectivity index (χ3v) is 3.16. The second kappa shape index (κ2) is 13.7. The average Bonchev–Trinajstić information content (AvgIpc) is 2.40. The zero-order valence-corrected chi connectivity index (χ0v) is 15.9. The minimum Gasteiger partial charge on any atom is -1.00 e. The molecule has 0 aromatic carbocycles. The second-order valence-corrected chi connectivity index (χ2v) is 4.83. The Morgan fingerprint density at radius 2 is 1.63 bits per heavy atom. The molecule has 0 aromatic heterocycles.